The van der Waals surface area contributed by atoms with Crippen LogP contribution in [-0.4, -0.2) is 29.5 Å². The standard InChI is InChI=1S/C14H18N6S2/c1-3-20-13(15-10-16-20)9-22-14-18-17-11(2)19(14)7-6-12-5-4-8-21-12/h4-5,8,10H,3,6-7,9H2,1-2H3. The molecule has 22 heavy (non-hydrogen) atoms. The van der Waals surface area contributed by atoms with Crippen LogP contribution < -0.4 is 0 Å². The minimum Gasteiger partial charge on any atom is -0.306 e. The van der Waals surface area contributed by atoms with Gasteiger partial charge in [0.25, 0.3) is 0 Å². The Labute approximate surface area is 137 Å². The molecule has 0 spiro atoms. The SMILES string of the molecule is CCn1ncnc1CSc1nnc(C)n1CCc1cccs1. The third-order valence-electron chi connectivity index (χ3n) is 3.39. The molecule has 8 heteroatoms. The lowest BCUT2D eigenvalue weighted by Crippen LogP contribution is -2.06. The van der Waals surface area contributed by atoms with E-state index in [-0.39, 0.29) is 0 Å². The number of aromatic nitrogens is 6. The van der Waals surface area contributed by atoms with Crippen molar-refractivity contribution < 1.29 is 0 Å². The highest BCUT2D eigenvalue weighted by molar-refractivity contribution is 7.98. The quantitative estimate of drug-likeness (QED) is 0.622. The fourth-order valence-corrected chi connectivity index (χ4v) is 3.85. The van der Waals surface area contributed by atoms with Crippen LogP contribution in [0.2, 0.25) is 0 Å². The molecule has 0 saturated heterocycles. The van der Waals surface area contributed by atoms with Crippen molar-refractivity contribution >= 4 is 23.1 Å². The highest BCUT2D eigenvalue weighted by Crippen LogP contribution is 2.21. The van der Waals surface area contributed by atoms with Crippen LogP contribution in [0.15, 0.2) is 29.0 Å². The molecular formula is C14H18N6S2. The van der Waals surface area contributed by atoms with E-state index in [1.807, 2.05) is 11.6 Å². The van der Waals surface area contributed by atoms with E-state index < -0.39 is 0 Å². The Balaban J connectivity index is 1.66. The van der Waals surface area contributed by atoms with Gasteiger partial charge in [0.05, 0.1) is 5.75 Å². The molecule has 6 nitrogen and oxygen atoms in total. The highest BCUT2D eigenvalue weighted by atomic mass is 32.2. The molecule has 3 rings (SSSR count). The van der Waals surface area contributed by atoms with E-state index in [0.29, 0.717) is 0 Å². The van der Waals surface area contributed by atoms with Gasteiger partial charge in [-0.05, 0) is 31.7 Å². The van der Waals surface area contributed by atoms with Crippen molar-refractivity contribution in [2.75, 3.05) is 0 Å². The zero-order chi connectivity index (χ0) is 15.4. The molecular weight excluding hydrogens is 316 g/mol. The fourth-order valence-electron chi connectivity index (χ4n) is 2.20. The molecule has 0 atom stereocenters. The summed E-state index contributed by atoms with van der Waals surface area (Å²) in [5.41, 5.74) is 0. The zero-order valence-corrected chi connectivity index (χ0v) is 14.3. The third kappa shape index (κ3) is 3.38. The average Bonchev–Trinajstić information content (AvgIpc) is 3.24. The van der Waals surface area contributed by atoms with Crippen LogP contribution in [0.1, 0.15) is 23.4 Å². The van der Waals surface area contributed by atoms with Crippen molar-refractivity contribution in [3.05, 3.63) is 40.4 Å². The molecule has 0 aliphatic rings. The van der Waals surface area contributed by atoms with Gasteiger partial charge in [0.2, 0.25) is 0 Å². The Kier molecular flexibility index (Phi) is 4.89. The second-order valence-corrected chi connectivity index (χ2v) is 6.77. The predicted molar refractivity (Wildman–Crippen MR) is 88.0 cm³/mol. The van der Waals surface area contributed by atoms with E-state index in [1.54, 1.807) is 29.4 Å². The molecule has 0 unspecified atom stereocenters. The number of rotatable bonds is 7. The molecule has 116 valence electrons. The summed E-state index contributed by atoms with van der Waals surface area (Å²) in [6.45, 7) is 5.80. The smallest absolute Gasteiger partial charge is 0.191 e. The van der Waals surface area contributed by atoms with Crippen molar-refractivity contribution in [3.63, 3.8) is 0 Å². The lowest BCUT2D eigenvalue weighted by molar-refractivity contribution is 0.617. The number of thioether (sulfide) groups is 1. The molecule has 3 aromatic heterocycles. The topological polar surface area (TPSA) is 61.4 Å². The largest absolute Gasteiger partial charge is 0.306 e. The monoisotopic (exact) mass is 334 g/mol. The Morgan fingerprint density at radius 3 is 3.00 bits per heavy atom. The fraction of sp³-hybridized carbons (Fsp3) is 0.429. The van der Waals surface area contributed by atoms with Crippen molar-refractivity contribution in [1.29, 1.82) is 0 Å². The highest BCUT2D eigenvalue weighted by Gasteiger charge is 2.12. The molecule has 0 fully saturated rings. The van der Waals surface area contributed by atoms with Crippen LogP contribution in [-0.2, 0) is 25.3 Å². The van der Waals surface area contributed by atoms with Crippen LogP contribution in [0.25, 0.3) is 0 Å². The molecule has 3 heterocycles. The van der Waals surface area contributed by atoms with E-state index in [2.05, 4.69) is 49.3 Å². The first-order valence-electron chi connectivity index (χ1n) is 7.19. The van der Waals surface area contributed by atoms with E-state index in [1.165, 1.54) is 4.88 Å². The minimum absolute atomic E-state index is 0.755. The van der Waals surface area contributed by atoms with Gasteiger partial charge >= 0.3 is 0 Å². The van der Waals surface area contributed by atoms with Crippen molar-refractivity contribution in [2.45, 2.75) is 44.3 Å². The molecule has 0 aliphatic heterocycles. The number of hydrogen-bond acceptors (Lipinski definition) is 6. The molecule has 0 N–H and O–H groups in total. The zero-order valence-electron chi connectivity index (χ0n) is 12.6. The Bertz CT molecular complexity index is 716. The van der Waals surface area contributed by atoms with Crippen LogP contribution in [0.5, 0.6) is 0 Å². The van der Waals surface area contributed by atoms with Crippen molar-refractivity contribution in [3.8, 4) is 0 Å². The van der Waals surface area contributed by atoms with Crippen LogP contribution >= 0.6 is 23.1 Å². The molecule has 0 aromatic carbocycles. The Hall–Kier alpha value is -1.67. The lowest BCUT2D eigenvalue weighted by atomic mass is 10.3. The van der Waals surface area contributed by atoms with Gasteiger partial charge in [0.15, 0.2) is 5.16 Å². The normalized spacial score (nSPS) is 11.2. The van der Waals surface area contributed by atoms with Gasteiger partial charge in [0.1, 0.15) is 18.0 Å². The summed E-state index contributed by atoms with van der Waals surface area (Å²) >= 11 is 3.45. The van der Waals surface area contributed by atoms with Gasteiger partial charge in [-0.2, -0.15) is 5.10 Å². The molecule has 0 amide bonds. The number of thiophene rings is 1. The maximum Gasteiger partial charge on any atom is 0.191 e. The first-order chi connectivity index (χ1) is 10.8. The second-order valence-electron chi connectivity index (χ2n) is 4.79. The number of aryl methyl sites for hydroxylation is 3. The van der Waals surface area contributed by atoms with Gasteiger partial charge in [0, 0.05) is 18.0 Å². The summed E-state index contributed by atoms with van der Waals surface area (Å²) in [5, 5.41) is 15.8. The number of hydrogen-bond donors (Lipinski definition) is 0. The van der Waals surface area contributed by atoms with Gasteiger partial charge < -0.3 is 4.57 Å². The second kappa shape index (κ2) is 7.06. The van der Waals surface area contributed by atoms with Crippen LogP contribution in [0, 0.1) is 6.92 Å². The summed E-state index contributed by atoms with van der Waals surface area (Å²) in [6, 6.07) is 4.26. The van der Waals surface area contributed by atoms with Crippen LogP contribution in [0.4, 0.5) is 0 Å². The van der Waals surface area contributed by atoms with Gasteiger partial charge in [-0.1, -0.05) is 17.8 Å². The molecule has 0 bridgehead atoms. The number of nitrogens with zero attached hydrogens (tertiary/aromatic N) is 6. The van der Waals surface area contributed by atoms with Gasteiger partial charge in [-0.15, -0.1) is 21.5 Å². The first kappa shape index (κ1) is 15.2. The summed E-state index contributed by atoms with van der Waals surface area (Å²) in [5.74, 6) is 2.68. The third-order valence-corrected chi connectivity index (χ3v) is 5.29. The van der Waals surface area contributed by atoms with Crippen molar-refractivity contribution in [1.82, 2.24) is 29.5 Å². The average molecular weight is 334 g/mol. The van der Waals surface area contributed by atoms with Crippen molar-refractivity contribution in [2.24, 2.45) is 0 Å². The van der Waals surface area contributed by atoms with E-state index >= 15 is 0 Å². The lowest BCUT2D eigenvalue weighted by Gasteiger charge is -2.07. The summed E-state index contributed by atoms with van der Waals surface area (Å²) in [7, 11) is 0. The summed E-state index contributed by atoms with van der Waals surface area (Å²) in [4.78, 5) is 5.68. The maximum absolute atomic E-state index is 4.30. The van der Waals surface area contributed by atoms with E-state index in [9.17, 15) is 0 Å². The van der Waals surface area contributed by atoms with E-state index in [0.717, 1.165) is 42.1 Å². The first-order valence-corrected chi connectivity index (χ1v) is 9.06. The molecule has 0 saturated carbocycles. The summed E-state index contributed by atoms with van der Waals surface area (Å²) in [6.07, 6.45) is 2.61. The minimum atomic E-state index is 0.755. The van der Waals surface area contributed by atoms with Gasteiger partial charge in [-0.25, -0.2) is 9.67 Å². The molecule has 0 aliphatic carbocycles. The Morgan fingerprint density at radius 2 is 2.23 bits per heavy atom. The van der Waals surface area contributed by atoms with Gasteiger partial charge in [-0.3, -0.25) is 0 Å². The molecule has 0 radical (unpaired) electrons. The summed E-state index contributed by atoms with van der Waals surface area (Å²) < 4.78 is 4.09. The maximum atomic E-state index is 4.30. The van der Waals surface area contributed by atoms with Crippen LogP contribution in [0.3, 0.4) is 0 Å². The van der Waals surface area contributed by atoms with E-state index in [4.69, 9.17) is 0 Å². The Morgan fingerprint density at radius 1 is 1.32 bits per heavy atom. The molecule has 3 aromatic rings. The predicted octanol–water partition coefficient (Wildman–Crippen LogP) is 2.79.